The van der Waals surface area contributed by atoms with E-state index in [1.54, 1.807) is 18.6 Å². The number of rotatable bonds is 2. The Kier molecular flexibility index (Phi) is 3.04. The number of hydrogen-bond donors (Lipinski definition) is 1. The molecule has 1 unspecified atom stereocenters. The number of aromatic nitrogens is 2. The molecule has 0 saturated carbocycles. The van der Waals surface area contributed by atoms with Crippen molar-refractivity contribution in [1.82, 2.24) is 9.97 Å². The van der Waals surface area contributed by atoms with Crippen LogP contribution in [-0.4, -0.2) is 23.1 Å². The smallest absolute Gasteiger partial charge is 0.0950 e. The van der Waals surface area contributed by atoms with Crippen LogP contribution in [0.15, 0.2) is 36.8 Å². The minimum Gasteiger partial charge on any atom is -0.372 e. The van der Waals surface area contributed by atoms with Gasteiger partial charge in [-0.05, 0) is 17.5 Å². The van der Waals surface area contributed by atoms with Gasteiger partial charge in [0, 0.05) is 24.5 Å². The van der Waals surface area contributed by atoms with Crippen LogP contribution in [0.2, 0.25) is 0 Å². The van der Waals surface area contributed by atoms with Crippen LogP contribution in [0.3, 0.4) is 0 Å². The first kappa shape index (κ1) is 11.3. The third-order valence-corrected chi connectivity index (χ3v) is 3.28. The molecule has 0 amide bonds. The zero-order chi connectivity index (χ0) is 12.4. The Labute approximate surface area is 106 Å². The Morgan fingerprint density at radius 3 is 3.06 bits per heavy atom. The summed E-state index contributed by atoms with van der Waals surface area (Å²) in [7, 11) is 0. The Hall–Kier alpha value is -1.78. The summed E-state index contributed by atoms with van der Waals surface area (Å²) >= 11 is 0. The predicted octanol–water partition coefficient (Wildman–Crippen LogP) is 1.72. The summed E-state index contributed by atoms with van der Waals surface area (Å²) in [6.07, 6.45) is 6.10. The molecule has 2 heterocycles. The van der Waals surface area contributed by atoms with Gasteiger partial charge in [0.15, 0.2) is 0 Å². The fourth-order valence-corrected chi connectivity index (χ4v) is 2.45. The van der Waals surface area contributed by atoms with E-state index in [0.717, 1.165) is 17.7 Å². The van der Waals surface area contributed by atoms with E-state index in [0.29, 0.717) is 13.2 Å². The lowest BCUT2D eigenvalue weighted by Gasteiger charge is -2.26. The Bertz CT molecular complexity index is 542. The lowest BCUT2D eigenvalue weighted by atomic mass is 9.91. The lowest BCUT2D eigenvalue weighted by Crippen LogP contribution is -2.23. The van der Waals surface area contributed by atoms with Crippen LogP contribution in [0, 0.1) is 0 Å². The second kappa shape index (κ2) is 4.84. The van der Waals surface area contributed by atoms with Gasteiger partial charge in [-0.1, -0.05) is 18.2 Å². The highest BCUT2D eigenvalue weighted by Gasteiger charge is 2.22. The summed E-state index contributed by atoms with van der Waals surface area (Å²) in [4.78, 5) is 8.50. The molecule has 1 aromatic heterocycles. The van der Waals surface area contributed by atoms with Crippen molar-refractivity contribution in [2.45, 2.75) is 12.5 Å². The predicted molar refractivity (Wildman–Crippen MR) is 68.9 cm³/mol. The lowest BCUT2D eigenvalue weighted by molar-refractivity contribution is 0.0486. The summed E-state index contributed by atoms with van der Waals surface area (Å²) in [5, 5.41) is 0. The van der Waals surface area contributed by atoms with Crippen LogP contribution in [0.1, 0.15) is 17.2 Å². The van der Waals surface area contributed by atoms with Crippen molar-refractivity contribution in [2.75, 3.05) is 13.2 Å². The molecule has 4 nitrogen and oxygen atoms in total. The molecule has 3 rings (SSSR count). The quantitative estimate of drug-likeness (QED) is 0.869. The fourth-order valence-electron chi connectivity index (χ4n) is 2.45. The third-order valence-electron chi connectivity index (χ3n) is 3.28. The zero-order valence-corrected chi connectivity index (χ0v) is 10.0. The molecule has 18 heavy (non-hydrogen) atoms. The number of benzene rings is 1. The first-order chi connectivity index (χ1) is 8.90. The van der Waals surface area contributed by atoms with Gasteiger partial charge in [0.1, 0.15) is 0 Å². The van der Waals surface area contributed by atoms with E-state index in [9.17, 15) is 0 Å². The van der Waals surface area contributed by atoms with E-state index in [-0.39, 0.29) is 6.10 Å². The van der Waals surface area contributed by atoms with Crippen molar-refractivity contribution in [2.24, 2.45) is 5.73 Å². The third kappa shape index (κ3) is 1.89. The van der Waals surface area contributed by atoms with Gasteiger partial charge in [-0.25, -0.2) is 0 Å². The van der Waals surface area contributed by atoms with Crippen LogP contribution in [0.25, 0.3) is 11.3 Å². The average molecular weight is 241 g/mol. The summed E-state index contributed by atoms with van der Waals surface area (Å²) in [6.45, 7) is 1.23. The molecular formula is C14H15N3O. The first-order valence-corrected chi connectivity index (χ1v) is 6.10. The molecule has 0 bridgehead atoms. The number of ether oxygens (including phenoxy) is 1. The molecule has 0 spiro atoms. The van der Waals surface area contributed by atoms with Crippen molar-refractivity contribution >= 4 is 0 Å². The van der Waals surface area contributed by atoms with Crippen LogP contribution >= 0.6 is 0 Å². The molecule has 1 aliphatic rings. The highest BCUT2D eigenvalue weighted by molar-refractivity contribution is 5.65. The molecular weight excluding hydrogens is 226 g/mol. The van der Waals surface area contributed by atoms with E-state index < -0.39 is 0 Å². The van der Waals surface area contributed by atoms with E-state index in [1.165, 1.54) is 11.1 Å². The highest BCUT2D eigenvalue weighted by atomic mass is 16.5. The fraction of sp³-hybridized carbons (Fsp3) is 0.286. The molecule has 0 saturated heterocycles. The largest absolute Gasteiger partial charge is 0.372 e. The van der Waals surface area contributed by atoms with Gasteiger partial charge < -0.3 is 10.5 Å². The zero-order valence-electron chi connectivity index (χ0n) is 10.0. The Morgan fingerprint density at radius 2 is 2.28 bits per heavy atom. The molecule has 1 aromatic carbocycles. The topological polar surface area (TPSA) is 61.0 Å². The van der Waals surface area contributed by atoms with Gasteiger partial charge in [-0.2, -0.15) is 0 Å². The Balaban J connectivity index is 2.12. The van der Waals surface area contributed by atoms with E-state index in [4.69, 9.17) is 10.5 Å². The maximum absolute atomic E-state index is 5.75. The normalized spacial score (nSPS) is 18.4. The standard InChI is InChI=1S/C14H15N3O/c15-8-14-12-3-1-2-11(10(12)4-7-18-14)13-9-16-5-6-17-13/h1-3,5-6,9,14H,4,7-8,15H2. The van der Waals surface area contributed by atoms with Gasteiger partial charge in [0.2, 0.25) is 0 Å². The monoisotopic (exact) mass is 241 g/mol. The van der Waals surface area contributed by atoms with Crippen LogP contribution < -0.4 is 5.73 Å². The number of fused-ring (bicyclic) bond motifs is 1. The van der Waals surface area contributed by atoms with Crippen molar-refractivity contribution in [1.29, 1.82) is 0 Å². The van der Waals surface area contributed by atoms with E-state index in [1.807, 2.05) is 6.07 Å². The molecule has 0 aliphatic carbocycles. The van der Waals surface area contributed by atoms with Crippen LogP contribution in [-0.2, 0) is 11.2 Å². The van der Waals surface area contributed by atoms with E-state index >= 15 is 0 Å². The van der Waals surface area contributed by atoms with Crippen LogP contribution in [0.5, 0.6) is 0 Å². The SMILES string of the molecule is NCC1OCCc2c(-c3cnccn3)cccc21. The van der Waals surface area contributed by atoms with Gasteiger partial charge in [-0.3, -0.25) is 9.97 Å². The number of nitrogens with zero attached hydrogens (tertiary/aromatic N) is 2. The number of nitrogens with two attached hydrogens (primary N) is 1. The molecule has 2 N–H and O–H groups in total. The second-order valence-electron chi connectivity index (χ2n) is 4.31. The highest BCUT2D eigenvalue weighted by Crippen LogP contribution is 2.32. The van der Waals surface area contributed by atoms with Crippen molar-refractivity contribution in [3.05, 3.63) is 47.9 Å². The first-order valence-electron chi connectivity index (χ1n) is 6.10. The second-order valence-corrected chi connectivity index (χ2v) is 4.31. The summed E-state index contributed by atoms with van der Waals surface area (Å²) in [5.41, 5.74) is 10.3. The average Bonchev–Trinajstić information content (AvgIpc) is 2.47. The Morgan fingerprint density at radius 1 is 1.33 bits per heavy atom. The van der Waals surface area contributed by atoms with Crippen molar-refractivity contribution in [3.8, 4) is 11.3 Å². The maximum atomic E-state index is 5.75. The van der Waals surface area contributed by atoms with E-state index in [2.05, 4.69) is 22.1 Å². The van der Waals surface area contributed by atoms with Gasteiger partial charge in [0.05, 0.1) is 24.6 Å². The molecule has 0 radical (unpaired) electrons. The molecule has 2 aromatic rings. The summed E-state index contributed by atoms with van der Waals surface area (Å²) < 4.78 is 5.68. The summed E-state index contributed by atoms with van der Waals surface area (Å²) in [6, 6.07) is 6.20. The summed E-state index contributed by atoms with van der Waals surface area (Å²) in [5.74, 6) is 0. The maximum Gasteiger partial charge on any atom is 0.0950 e. The van der Waals surface area contributed by atoms with Gasteiger partial charge in [-0.15, -0.1) is 0 Å². The van der Waals surface area contributed by atoms with Gasteiger partial charge in [0.25, 0.3) is 0 Å². The van der Waals surface area contributed by atoms with Gasteiger partial charge >= 0.3 is 0 Å². The van der Waals surface area contributed by atoms with Crippen molar-refractivity contribution < 1.29 is 4.74 Å². The minimum atomic E-state index is 0.00497. The minimum absolute atomic E-state index is 0.00497. The van der Waals surface area contributed by atoms with Crippen molar-refractivity contribution in [3.63, 3.8) is 0 Å². The molecule has 4 heteroatoms. The molecule has 92 valence electrons. The van der Waals surface area contributed by atoms with Crippen LogP contribution in [0.4, 0.5) is 0 Å². The molecule has 1 aliphatic heterocycles. The number of hydrogen-bond acceptors (Lipinski definition) is 4. The molecule has 0 fully saturated rings. The molecule has 1 atom stereocenters.